The van der Waals surface area contributed by atoms with Crippen molar-refractivity contribution in [3.8, 4) is 0 Å². The Morgan fingerprint density at radius 1 is 1.36 bits per heavy atom. The number of nitrogens with zero attached hydrogens (tertiary/aromatic N) is 2. The molecule has 1 unspecified atom stereocenters. The molecule has 2 heterocycles. The quantitative estimate of drug-likeness (QED) is 0.335. The minimum absolute atomic E-state index is 0.315. The van der Waals surface area contributed by atoms with E-state index < -0.39 is 10.0 Å². The van der Waals surface area contributed by atoms with E-state index in [4.69, 9.17) is 0 Å². The first-order chi connectivity index (χ1) is 12.1. The van der Waals surface area contributed by atoms with Gasteiger partial charge in [0.15, 0.2) is 5.96 Å². The summed E-state index contributed by atoms with van der Waals surface area (Å²) in [6.45, 7) is 8.77. The van der Waals surface area contributed by atoms with Gasteiger partial charge >= 0.3 is 0 Å². The topological polar surface area (TPSA) is 85.8 Å². The number of guanidine groups is 1. The second kappa shape index (κ2) is 10.1. The van der Waals surface area contributed by atoms with Crippen LogP contribution in [-0.4, -0.2) is 64.6 Å². The highest BCUT2D eigenvalue weighted by atomic mass is 32.2. The second-order valence-electron chi connectivity index (χ2n) is 5.90. The molecule has 1 aliphatic heterocycles. The molecular formula is C16H29N5O2S2. The molecule has 1 aromatic heterocycles. The van der Waals surface area contributed by atoms with Crippen LogP contribution in [0, 0.1) is 0 Å². The number of likely N-dealkylation sites (N-methyl/N-ethyl adjacent to an activating group) is 1. The van der Waals surface area contributed by atoms with Gasteiger partial charge in [0.05, 0.1) is 6.54 Å². The zero-order chi connectivity index (χ0) is 18.1. The van der Waals surface area contributed by atoms with Crippen molar-refractivity contribution < 1.29 is 8.42 Å². The molecule has 1 fully saturated rings. The van der Waals surface area contributed by atoms with Gasteiger partial charge in [-0.25, -0.2) is 13.1 Å². The lowest BCUT2D eigenvalue weighted by atomic mass is 10.2. The zero-order valence-corrected chi connectivity index (χ0v) is 16.6. The third-order valence-electron chi connectivity index (χ3n) is 4.18. The van der Waals surface area contributed by atoms with Gasteiger partial charge in [-0.1, -0.05) is 13.0 Å². The van der Waals surface area contributed by atoms with Crippen LogP contribution in [0.4, 0.5) is 0 Å². The Balaban J connectivity index is 1.78. The average molecular weight is 388 g/mol. The molecule has 1 atom stereocenters. The summed E-state index contributed by atoms with van der Waals surface area (Å²) in [5.74, 6) is 0.737. The summed E-state index contributed by atoms with van der Waals surface area (Å²) in [5.41, 5.74) is 0. The molecule has 7 nitrogen and oxygen atoms in total. The van der Waals surface area contributed by atoms with Crippen LogP contribution in [-0.2, 0) is 10.0 Å². The van der Waals surface area contributed by atoms with Gasteiger partial charge in [-0.15, -0.1) is 11.3 Å². The third kappa shape index (κ3) is 6.25. The largest absolute Gasteiger partial charge is 0.357 e. The van der Waals surface area contributed by atoms with Crippen molar-refractivity contribution in [1.82, 2.24) is 20.3 Å². The number of hydrogen-bond acceptors (Lipinski definition) is 5. The lowest BCUT2D eigenvalue weighted by molar-refractivity contribution is 0.273. The van der Waals surface area contributed by atoms with Crippen molar-refractivity contribution in [3.63, 3.8) is 0 Å². The van der Waals surface area contributed by atoms with Gasteiger partial charge in [-0.2, -0.15) is 0 Å². The fourth-order valence-corrected chi connectivity index (χ4v) is 4.98. The van der Waals surface area contributed by atoms with Crippen molar-refractivity contribution >= 4 is 27.3 Å². The lowest BCUT2D eigenvalue weighted by Crippen LogP contribution is -2.42. The van der Waals surface area contributed by atoms with E-state index in [9.17, 15) is 8.42 Å². The maximum Gasteiger partial charge on any atom is 0.250 e. The van der Waals surface area contributed by atoms with Gasteiger partial charge in [0.2, 0.25) is 10.0 Å². The van der Waals surface area contributed by atoms with E-state index in [-0.39, 0.29) is 0 Å². The van der Waals surface area contributed by atoms with Gasteiger partial charge < -0.3 is 10.6 Å². The molecule has 0 saturated carbocycles. The molecular weight excluding hydrogens is 358 g/mol. The molecule has 0 bridgehead atoms. The predicted molar refractivity (Wildman–Crippen MR) is 104 cm³/mol. The maximum absolute atomic E-state index is 12.1. The second-order valence-corrected chi connectivity index (χ2v) is 8.84. The summed E-state index contributed by atoms with van der Waals surface area (Å²) in [4.78, 5) is 7.12. The van der Waals surface area contributed by atoms with Crippen molar-refractivity contribution in [1.29, 1.82) is 0 Å². The van der Waals surface area contributed by atoms with Crippen LogP contribution in [0.15, 0.2) is 26.7 Å². The molecule has 0 amide bonds. The maximum atomic E-state index is 12.1. The van der Waals surface area contributed by atoms with Crippen molar-refractivity contribution in [2.75, 3.05) is 39.3 Å². The molecule has 1 aromatic rings. The van der Waals surface area contributed by atoms with Gasteiger partial charge in [0, 0.05) is 25.7 Å². The number of hydrogen-bond donors (Lipinski definition) is 3. The van der Waals surface area contributed by atoms with E-state index in [1.807, 2.05) is 6.92 Å². The van der Waals surface area contributed by atoms with E-state index in [0.717, 1.165) is 32.1 Å². The molecule has 1 aliphatic rings. The van der Waals surface area contributed by atoms with Crippen LogP contribution >= 0.6 is 11.3 Å². The minimum Gasteiger partial charge on any atom is -0.357 e. The first kappa shape index (κ1) is 20.2. The smallest absolute Gasteiger partial charge is 0.250 e. The highest BCUT2D eigenvalue weighted by molar-refractivity contribution is 7.91. The first-order valence-corrected chi connectivity index (χ1v) is 11.2. The Hall–Kier alpha value is -1.16. The Kier molecular flexibility index (Phi) is 8.14. The van der Waals surface area contributed by atoms with E-state index >= 15 is 0 Å². The number of likely N-dealkylation sites (tertiary alicyclic amines) is 1. The van der Waals surface area contributed by atoms with Crippen LogP contribution in [0.2, 0.25) is 0 Å². The summed E-state index contributed by atoms with van der Waals surface area (Å²) in [5, 5.41) is 8.16. The summed E-state index contributed by atoms with van der Waals surface area (Å²) >= 11 is 1.22. The van der Waals surface area contributed by atoms with Crippen molar-refractivity contribution in [3.05, 3.63) is 17.5 Å². The Bertz CT molecular complexity index is 631. The fraction of sp³-hybridized carbons (Fsp3) is 0.688. The monoisotopic (exact) mass is 387 g/mol. The van der Waals surface area contributed by atoms with Crippen molar-refractivity contribution in [2.24, 2.45) is 4.99 Å². The Labute approximate surface area is 155 Å². The van der Waals surface area contributed by atoms with Crippen LogP contribution in [0.25, 0.3) is 0 Å². The van der Waals surface area contributed by atoms with Gasteiger partial charge in [-0.3, -0.25) is 9.89 Å². The van der Waals surface area contributed by atoms with Gasteiger partial charge in [0.1, 0.15) is 4.21 Å². The summed E-state index contributed by atoms with van der Waals surface area (Å²) in [6.07, 6.45) is 2.43. The molecule has 9 heteroatoms. The zero-order valence-electron chi connectivity index (χ0n) is 15.0. The lowest BCUT2D eigenvalue weighted by Gasteiger charge is -2.21. The Morgan fingerprint density at radius 3 is 2.88 bits per heavy atom. The number of thiophene rings is 1. The SMILES string of the molecule is CCNC(=NCC1CCCN1CC)NCCNS(=O)(=O)c1cccs1. The molecule has 3 N–H and O–H groups in total. The summed E-state index contributed by atoms with van der Waals surface area (Å²) in [6, 6.07) is 3.85. The minimum atomic E-state index is -3.40. The molecule has 1 saturated heterocycles. The highest BCUT2D eigenvalue weighted by Crippen LogP contribution is 2.16. The summed E-state index contributed by atoms with van der Waals surface area (Å²) in [7, 11) is -3.40. The first-order valence-electron chi connectivity index (χ1n) is 8.86. The summed E-state index contributed by atoms with van der Waals surface area (Å²) < 4.78 is 27.0. The average Bonchev–Trinajstić information content (AvgIpc) is 3.27. The van der Waals surface area contributed by atoms with E-state index in [0.29, 0.717) is 23.3 Å². The third-order valence-corrected chi connectivity index (χ3v) is 7.04. The molecule has 0 radical (unpaired) electrons. The number of nitrogens with one attached hydrogen (secondary N) is 3. The number of sulfonamides is 1. The van der Waals surface area contributed by atoms with Gasteiger partial charge in [-0.05, 0) is 44.3 Å². The van der Waals surface area contributed by atoms with Crippen molar-refractivity contribution in [2.45, 2.75) is 36.9 Å². The molecule has 2 rings (SSSR count). The van der Waals surface area contributed by atoms with Gasteiger partial charge in [0.25, 0.3) is 0 Å². The standard InChI is InChI=1S/C16H29N5O2S2/c1-3-17-16(19-13-14-7-5-11-21(14)4-2)18-9-10-20-25(22,23)15-8-6-12-24-15/h6,8,12,14,20H,3-5,7,9-11,13H2,1-2H3,(H2,17,18,19). The molecule has 25 heavy (non-hydrogen) atoms. The fourth-order valence-electron chi connectivity index (χ4n) is 2.91. The van der Waals surface area contributed by atoms with Crippen LogP contribution < -0.4 is 15.4 Å². The van der Waals surface area contributed by atoms with Crippen LogP contribution in [0.5, 0.6) is 0 Å². The molecule has 0 aliphatic carbocycles. The molecule has 142 valence electrons. The Morgan fingerprint density at radius 2 is 2.20 bits per heavy atom. The van der Waals surface area contributed by atoms with E-state index in [2.05, 4.69) is 32.2 Å². The number of aliphatic imine (C=N–C) groups is 1. The van der Waals surface area contributed by atoms with E-state index in [1.165, 1.54) is 24.2 Å². The van der Waals surface area contributed by atoms with Crippen LogP contribution in [0.3, 0.4) is 0 Å². The number of rotatable bonds is 9. The van der Waals surface area contributed by atoms with Crippen LogP contribution in [0.1, 0.15) is 26.7 Å². The highest BCUT2D eigenvalue weighted by Gasteiger charge is 2.22. The normalized spacial score (nSPS) is 19.3. The molecule has 0 aromatic carbocycles. The van der Waals surface area contributed by atoms with E-state index in [1.54, 1.807) is 17.5 Å². The molecule has 0 spiro atoms. The predicted octanol–water partition coefficient (Wildman–Crippen LogP) is 1.07.